The third kappa shape index (κ3) is 4.30. The first-order chi connectivity index (χ1) is 20.2. The molecule has 3 aliphatic rings. The molecule has 2 aromatic carbocycles. The number of alkyl halides is 1. The second-order valence-electron chi connectivity index (χ2n) is 11.3. The van der Waals surface area contributed by atoms with Crippen molar-refractivity contribution in [2.24, 2.45) is 5.92 Å². The maximum absolute atomic E-state index is 15.3. The molecule has 9 nitrogen and oxygen atoms in total. The van der Waals surface area contributed by atoms with Crippen molar-refractivity contribution in [2.45, 2.75) is 37.6 Å². The van der Waals surface area contributed by atoms with Crippen molar-refractivity contribution in [1.82, 2.24) is 19.5 Å². The minimum absolute atomic E-state index is 0.0235. The van der Waals surface area contributed by atoms with E-state index in [1.165, 1.54) is 11.0 Å². The van der Waals surface area contributed by atoms with Crippen molar-refractivity contribution >= 4 is 23.3 Å². The van der Waals surface area contributed by atoms with Gasteiger partial charge in [-0.15, -0.1) is 0 Å². The number of carbonyl (C=O) groups is 2. The quantitative estimate of drug-likeness (QED) is 0.354. The molecule has 1 aliphatic carbocycles. The maximum Gasteiger partial charge on any atom is 0.307 e. The minimum atomic E-state index is -1.31. The van der Waals surface area contributed by atoms with Crippen molar-refractivity contribution < 1.29 is 28.2 Å². The van der Waals surface area contributed by atoms with Crippen LogP contribution in [0.5, 0.6) is 0 Å². The van der Waals surface area contributed by atoms with Crippen LogP contribution in [0.4, 0.5) is 14.6 Å². The summed E-state index contributed by atoms with van der Waals surface area (Å²) >= 11 is 0. The molecule has 1 amide bonds. The van der Waals surface area contributed by atoms with Crippen LogP contribution in [0.3, 0.4) is 0 Å². The van der Waals surface area contributed by atoms with Crippen LogP contribution in [-0.4, -0.2) is 69.3 Å². The summed E-state index contributed by atoms with van der Waals surface area (Å²) in [6, 6.07) is 14.9. The zero-order valence-corrected chi connectivity index (χ0v) is 23.1. The Morgan fingerprint density at radius 1 is 1.05 bits per heavy atom. The van der Waals surface area contributed by atoms with Crippen LogP contribution in [-0.2, 0) is 9.53 Å². The van der Waals surface area contributed by atoms with Crippen molar-refractivity contribution in [3.8, 4) is 11.3 Å². The Bertz CT molecular complexity index is 1740. The number of fused-ring (bicyclic) bond motifs is 2. The Hall–Kier alpha value is -4.38. The number of anilines is 1. The smallest absolute Gasteiger partial charge is 0.307 e. The monoisotopic (exact) mass is 573 g/mol. The molecule has 0 bridgehead atoms. The van der Waals surface area contributed by atoms with Crippen molar-refractivity contribution in [1.29, 1.82) is 0 Å². The fourth-order valence-electron chi connectivity index (χ4n) is 6.18. The van der Waals surface area contributed by atoms with Crippen molar-refractivity contribution in [3.63, 3.8) is 0 Å². The summed E-state index contributed by atoms with van der Waals surface area (Å²) in [5.74, 6) is -1.86. The second-order valence-corrected chi connectivity index (χ2v) is 11.3. The molecule has 4 aromatic rings. The van der Waals surface area contributed by atoms with E-state index in [-0.39, 0.29) is 35.9 Å². The fraction of sp³-hybridized carbons (Fsp3) is 0.355. The number of carboxylic acids is 1. The summed E-state index contributed by atoms with van der Waals surface area (Å²) in [4.78, 5) is 33.2. The number of hydrogen-bond acceptors (Lipinski definition) is 6. The highest BCUT2D eigenvalue weighted by Crippen LogP contribution is 2.48. The lowest BCUT2D eigenvalue weighted by Crippen LogP contribution is -2.52. The molecule has 4 heterocycles. The summed E-state index contributed by atoms with van der Waals surface area (Å²) in [7, 11) is 1.64. The van der Waals surface area contributed by atoms with Crippen molar-refractivity contribution in [2.75, 3.05) is 31.6 Å². The Morgan fingerprint density at radius 2 is 1.81 bits per heavy atom. The van der Waals surface area contributed by atoms with E-state index in [0.717, 1.165) is 5.56 Å². The number of nitrogens with zero attached hydrogens (tertiary/aromatic N) is 5. The summed E-state index contributed by atoms with van der Waals surface area (Å²) in [6.45, 7) is 2.95. The number of halogens is 2. The van der Waals surface area contributed by atoms with E-state index in [2.05, 4.69) is 10.1 Å². The number of carboxylic acid groups (broad SMARTS) is 1. The number of hydrogen-bond donors (Lipinski definition) is 1. The maximum atomic E-state index is 15.3. The molecule has 1 N–H and O–H groups in total. The molecule has 0 radical (unpaired) electrons. The average molecular weight is 574 g/mol. The van der Waals surface area contributed by atoms with E-state index in [1.54, 1.807) is 48.0 Å². The highest BCUT2D eigenvalue weighted by Gasteiger charge is 2.44. The van der Waals surface area contributed by atoms with E-state index in [4.69, 9.17) is 4.74 Å². The summed E-state index contributed by atoms with van der Waals surface area (Å²) in [5.41, 5.74) is 3.08. The molecule has 1 saturated heterocycles. The molecular formula is C31H29F2N5O4. The number of aliphatic carboxylic acids is 1. The van der Waals surface area contributed by atoms with E-state index in [9.17, 15) is 14.7 Å². The predicted octanol–water partition coefficient (Wildman–Crippen LogP) is 4.79. The number of rotatable bonds is 6. The molecule has 7 rings (SSSR count). The molecule has 42 heavy (non-hydrogen) atoms. The number of ether oxygens (including phenoxy) is 1. The zero-order chi connectivity index (χ0) is 29.3. The van der Waals surface area contributed by atoms with Gasteiger partial charge in [-0.1, -0.05) is 30.3 Å². The van der Waals surface area contributed by atoms with E-state index < -0.39 is 29.8 Å². The van der Waals surface area contributed by atoms with Crippen LogP contribution in [0.1, 0.15) is 58.7 Å². The third-order valence-electron chi connectivity index (χ3n) is 8.81. The van der Waals surface area contributed by atoms with Crippen LogP contribution in [0.2, 0.25) is 0 Å². The fourth-order valence-corrected chi connectivity index (χ4v) is 6.18. The normalized spacial score (nSPS) is 23.5. The third-order valence-corrected chi connectivity index (χ3v) is 8.81. The zero-order valence-electron chi connectivity index (χ0n) is 23.1. The van der Waals surface area contributed by atoms with Gasteiger partial charge in [-0.2, -0.15) is 9.61 Å². The Balaban J connectivity index is 1.26. The van der Waals surface area contributed by atoms with Gasteiger partial charge in [0, 0.05) is 37.9 Å². The minimum Gasteiger partial charge on any atom is -0.481 e. The molecule has 11 heteroatoms. The first kappa shape index (κ1) is 26.5. The van der Waals surface area contributed by atoms with Crippen molar-refractivity contribution in [3.05, 3.63) is 82.8 Å². The highest BCUT2D eigenvalue weighted by molar-refractivity contribution is 5.94. The summed E-state index contributed by atoms with van der Waals surface area (Å²) in [5, 5.41) is 13.9. The van der Waals surface area contributed by atoms with Gasteiger partial charge in [0.15, 0.2) is 5.65 Å². The summed E-state index contributed by atoms with van der Waals surface area (Å²) < 4.78 is 37.5. The van der Waals surface area contributed by atoms with Gasteiger partial charge >= 0.3 is 5.97 Å². The first-order valence-corrected chi connectivity index (χ1v) is 14.0. The molecule has 216 valence electrons. The van der Waals surface area contributed by atoms with Gasteiger partial charge in [-0.25, -0.2) is 13.8 Å². The van der Waals surface area contributed by atoms with Crippen LogP contribution in [0.15, 0.2) is 54.6 Å². The van der Waals surface area contributed by atoms with E-state index in [0.29, 0.717) is 47.8 Å². The van der Waals surface area contributed by atoms with E-state index >= 15 is 8.78 Å². The molecule has 0 spiro atoms. The van der Waals surface area contributed by atoms with Gasteiger partial charge in [-0.05, 0) is 48.1 Å². The molecule has 2 fully saturated rings. The second kappa shape index (κ2) is 9.87. The highest BCUT2D eigenvalue weighted by atomic mass is 19.1. The molecule has 2 aromatic heterocycles. The number of aromatic nitrogens is 3. The van der Waals surface area contributed by atoms with Gasteiger partial charge in [0.2, 0.25) is 0 Å². The number of benzene rings is 2. The van der Waals surface area contributed by atoms with Gasteiger partial charge in [0.05, 0.1) is 30.3 Å². The Morgan fingerprint density at radius 3 is 2.50 bits per heavy atom. The molecule has 0 unspecified atom stereocenters. The number of amides is 1. The lowest BCUT2D eigenvalue weighted by atomic mass is 9.92. The lowest BCUT2D eigenvalue weighted by molar-refractivity contribution is -0.138. The lowest BCUT2D eigenvalue weighted by Gasteiger charge is -2.40. The van der Waals surface area contributed by atoms with Crippen LogP contribution >= 0.6 is 0 Å². The largest absolute Gasteiger partial charge is 0.481 e. The molecule has 2 aliphatic heterocycles. The topological polar surface area (TPSA) is 100 Å². The van der Waals surface area contributed by atoms with Gasteiger partial charge in [-0.3, -0.25) is 9.59 Å². The van der Waals surface area contributed by atoms with Gasteiger partial charge in [0.1, 0.15) is 23.5 Å². The molecule has 1 saturated carbocycles. The van der Waals surface area contributed by atoms with E-state index in [1.807, 2.05) is 24.0 Å². The number of carbonyl (C=O) groups excluding carboxylic acids is 1. The van der Waals surface area contributed by atoms with Crippen LogP contribution in [0.25, 0.3) is 16.9 Å². The molecular weight excluding hydrogens is 544 g/mol. The Kier molecular flexibility index (Phi) is 6.23. The standard InChI is InChI=1S/C31H29F2N5O4/c1-16-19-5-3-4-6-20(19)25(33)15-37(16)30(39)27-12-29(36-13-18(14-36)42-2)38-28(34-27)11-26(35-38)21-8-7-17(9-24(21)32)22-10-23(22)31(40)41/h3-9,11-12,16,18,22-23,25H,10,13-15H2,1-2H3,(H,40,41)/t16-,22-,23+,25-/m1/s1. The molecule has 4 atom stereocenters. The van der Waals surface area contributed by atoms with Crippen LogP contribution < -0.4 is 4.90 Å². The first-order valence-electron chi connectivity index (χ1n) is 14.0. The average Bonchev–Trinajstić information content (AvgIpc) is 3.66. The number of methoxy groups -OCH3 is 1. The van der Waals surface area contributed by atoms with Gasteiger partial charge < -0.3 is 19.6 Å². The summed E-state index contributed by atoms with van der Waals surface area (Å²) in [6.07, 6.45) is -0.790. The van der Waals surface area contributed by atoms with Gasteiger partial charge in [0.25, 0.3) is 5.91 Å². The predicted molar refractivity (Wildman–Crippen MR) is 150 cm³/mol. The Labute approximate surface area is 240 Å². The SMILES string of the molecule is COC1CN(c2cc(C(=O)N3C[C@@H](F)c4ccccc4[C@H]3C)nc3cc(-c4ccc([C@H]5C[C@@H]5C(=O)O)cc4F)nn23)C1. The van der Waals surface area contributed by atoms with Crippen LogP contribution in [0, 0.1) is 11.7 Å².